The van der Waals surface area contributed by atoms with E-state index in [4.69, 9.17) is 9.47 Å². The van der Waals surface area contributed by atoms with Gasteiger partial charge >= 0.3 is 12.2 Å². The third kappa shape index (κ3) is 8.71. The maximum atomic E-state index is 12.2. The topological polar surface area (TPSA) is 68.2 Å². The van der Waals surface area contributed by atoms with Crippen LogP contribution < -0.4 is 0 Å². The van der Waals surface area contributed by atoms with E-state index in [-0.39, 0.29) is 11.7 Å². The number of rotatable bonds is 2. The molecule has 6 nitrogen and oxygen atoms in total. The summed E-state index contributed by atoms with van der Waals surface area (Å²) in [7, 11) is 0. The number of carbonyl (C=O) groups is 2. The standard InChI is InChI=1S/C15H26N2O4S/c1-9-10-17(13(19)21-15(5,6)7)11(22-8)16-12(18)20-14(2,3)4/h9H,1,10H2,2-8H3/b16-11-. The Bertz CT molecular complexity index is 447. The normalized spacial score (nSPS) is 12.6. The van der Waals surface area contributed by atoms with Crippen molar-refractivity contribution >= 4 is 29.1 Å². The molecule has 0 saturated carbocycles. The fourth-order valence-electron chi connectivity index (χ4n) is 1.26. The highest BCUT2D eigenvalue weighted by Crippen LogP contribution is 2.15. The minimum atomic E-state index is -0.755. The van der Waals surface area contributed by atoms with Crippen LogP contribution in [0.5, 0.6) is 0 Å². The second-order valence-electron chi connectivity index (χ2n) is 6.46. The molecule has 126 valence electrons. The lowest BCUT2D eigenvalue weighted by atomic mass is 10.2. The van der Waals surface area contributed by atoms with Crippen molar-refractivity contribution in [3.05, 3.63) is 12.7 Å². The molecule has 0 atom stereocenters. The van der Waals surface area contributed by atoms with E-state index in [0.29, 0.717) is 0 Å². The summed E-state index contributed by atoms with van der Waals surface area (Å²) >= 11 is 1.15. The number of carbonyl (C=O) groups excluding carboxylic acids is 2. The molecule has 0 N–H and O–H groups in total. The average Bonchev–Trinajstić information content (AvgIpc) is 2.28. The summed E-state index contributed by atoms with van der Waals surface area (Å²) in [4.78, 5) is 29.1. The Morgan fingerprint density at radius 3 is 2.00 bits per heavy atom. The number of amidine groups is 1. The van der Waals surface area contributed by atoms with Crippen molar-refractivity contribution in [2.45, 2.75) is 52.7 Å². The van der Waals surface area contributed by atoms with E-state index >= 15 is 0 Å². The summed E-state index contributed by atoms with van der Waals surface area (Å²) in [5.41, 5.74) is -1.30. The molecule has 0 aliphatic carbocycles. The van der Waals surface area contributed by atoms with E-state index in [1.54, 1.807) is 47.8 Å². The number of hydrogen-bond acceptors (Lipinski definition) is 5. The third-order valence-electron chi connectivity index (χ3n) is 1.92. The summed E-state index contributed by atoms with van der Waals surface area (Å²) in [6.45, 7) is 14.3. The van der Waals surface area contributed by atoms with Crippen molar-refractivity contribution in [1.82, 2.24) is 4.90 Å². The molecule has 0 unspecified atom stereocenters. The summed E-state index contributed by atoms with van der Waals surface area (Å²) in [5, 5.41) is 0.198. The van der Waals surface area contributed by atoms with Crippen molar-refractivity contribution in [2.24, 2.45) is 4.99 Å². The number of ether oxygens (including phenoxy) is 2. The smallest absolute Gasteiger partial charge is 0.436 e. The fraction of sp³-hybridized carbons (Fsp3) is 0.667. The lowest BCUT2D eigenvalue weighted by molar-refractivity contribution is 0.0387. The van der Waals surface area contributed by atoms with Crippen LogP contribution >= 0.6 is 11.8 Å². The van der Waals surface area contributed by atoms with Gasteiger partial charge in [-0.1, -0.05) is 17.8 Å². The molecule has 2 amide bonds. The Labute approximate surface area is 136 Å². The van der Waals surface area contributed by atoms with Crippen molar-refractivity contribution in [2.75, 3.05) is 12.8 Å². The number of thioether (sulfide) groups is 1. The minimum absolute atomic E-state index is 0.178. The molecule has 0 aliphatic rings. The van der Waals surface area contributed by atoms with Gasteiger partial charge in [0.05, 0.1) is 0 Å². The maximum absolute atomic E-state index is 12.2. The first-order valence-electron chi connectivity index (χ1n) is 6.86. The average molecular weight is 330 g/mol. The molecule has 0 radical (unpaired) electrons. The molecule has 0 aromatic carbocycles. The van der Waals surface area contributed by atoms with Gasteiger partial charge in [-0.25, -0.2) is 9.59 Å². The zero-order valence-electron chi connectivity index (χ0n) is 14.4. The van der Waals surface area contributed by atoms with Gasteiger partial charge in [0.2, 0.25) is 0 Å². The quantitative estimate of drug-likeness (QED) is 0.434. The molecule has 0 aromatic rings. The van der Waals surface area contributed by atoms with Crippen LogP contribution in [0.15, 0.2) is 17.6 Å². The largest absolute Gasteiger partial charge is 0.443 e. The van der Waals surface area contributed by atoms with Gasteiger partial charge < -0.3 is 9.47 Å². The van der Waals surface area contributed by atoms with Crippen LogP contribution in [0.25, 0.3) is 0 Å². The van der Waals surface area contributed by atoms with Crippen LogP contribution in [0.4, 0.5) is 9.59 Å². The van der Waals surface area contributed by atoms with E-state index in [0.717, 1.165) is 11.8 Å². The Balaban J connectivity index is 5.28. The summed E-state index contributed by atoms with van der Waals surface area (Å²) in [6.07, 6.45) is 1.90. The molecular weight excluding hydrogens is 304 g/mol. The molecule has 0 fully saturated rings. The summed E-state index contributed by atoms with van der Waals surface area (Å²) in [5.74, 6) is 0. The molecule has 0 spiro atoms. The summed E-state index contributed by atoms with van der Waals surface area (Å²) < 4.78 is 10.4. The Hall–Kier alpha value is -1.50. The number of amides is 2. The Morgan fingerprint density at radius 1 is 1.14 bits per heavy atom. The lowest BCUT2D eigenvalue weighted by Gasteiger charge is -2.26. The van der Waals surface area contributed by atoms with Gasteiger partial charge in [-0.15, -0.1) is 6.58 Å². The van der Waals surface area contributed by atoms with Crippen LogP contribution in [0, 0.1) is 0 Å². The summed E-state index contributed by atoms with van der Waals surface area (Å²) in [6, 6.07) is 0. The molecule has 7 heteroatoms. The van der Waals surface area contributed by atoms with Gasteiger partial charge in [-0.2, -0.15) is 4.99 Å². The highest BCUT2D eigenvalue weighted by Gasteiger charge is 2.26. The molecule has 0 aliphatic heterocycles. The maximum Gasteiger partial charge on any atom is 0.436 e. The van der Waals surface area contributed by atoms with Crippen LogP contribution in [-0.4, -0.2) is 46.3 Å². The number of nitrogens with zero attached hydrogens (tertiary/aromatic N) is 2. The number of aliphatic imine (C=N–C) groups is 1. The second-order valence-corrected chi connectivity index (χ2v) is 7.23. The van der Waals surface area contributed by atoms with E-state index < -0.39 is 23.4 Å². The van der Waals surface area contributed by atoms with Gasteiger partial charge in [-0.3, -0.25) is 4.90 Å². The van der Waals surface area contributed by atoms with Gasteiger partial charge in [0.15, 0.2) is 5.17 Å². The predicted molar refractivity (Wildman–Crippen MR) is 90.3 cm³/mol. The Morgan fingerprint density at radius 2 is 1.64 bits per heavy atom. The van der Waals surface area contributed by atoms with Gasteiger partial charge in [0.25, 0.3) is 0 Å². The van der Waals surface area contributed by atoms with E-state index in [2.05, 4.69) is 11.6 Å². The van der Waals surface area contributed by atoms with Gasteiger partial charge in [0.1, 0.15) is 11.2 Å². The van der Waals surface area contributed by atoms with Crippen LogP contribution in [-0.2, 0) is 9.47 Å². The zero-order valence-corrected chi connectivity index (χ0v) is 15.2. The Kier molecular flexibility index (Phi) is 7.66. The first-order chi connectivity index (χ1) is 9.89. The van der Waals surface area contributed by atoms with E-state index in [9.17, 15) is 9.59 Å². The lowest BCUT2D eigenvalue weighted by Crippen LogP contribution is -2.40. The fourth-order valence-corrected chi connectivity index (χ4v) is 1.79. The van der Waals surface area contributed by atoms with Crippen LogP contribution in [0.1, 0.15) is 41.5 Å². The monoisotopic (exact) mass is 330 g/mol. The second kappa shape index (κ2) is 8.22. The molecule has 0 saturated heterocycles. The van der Waals surface area contributed by atoms with Crippen molar-refractivity contribution in [3.63, 3.8) is 0 Å². The predicted octanol–water partition coefficient (Wildman–Crippen LogP) is 4.06. The molecule has 0 rings (SSSR count). The van der Waals surface area contributed by atoms with Crippen LogP contribution in [0.3, 0.4) is 0 Å². The van der Waals surface area contributed by atoms with Gasteiger partial charge in [-0.05, 0) is 47.8 Å². The molecule has 0 aromatic heterocycles. The van der Waals surface area contributed by atoms with Gasteiger partial charge in [0, 0.05) is 6.54 Å². The third-order valence-corrected chi connectivity index (χ3v) is 2.60. The highest BCUT2D eigenvalue weighted by molar-refractivity contribution is 8.13. The zero-order chi connectivity index (χ0) is 17.6. The first kappa shape index (κ1) is 20.5. The van der Waals surface area contributed by atoms with Crippen molar-refractivity contribution in [1.29, 1.82) is 0 Å². The molecular formula is C15H26N2O4S. The molecule has 0 bridgehead atoms. The van der Waals surface area contributed by atoms with Crippen molar-refractivity contribution < 1.29 is 19.1 Å². The van der Waals surface area contributed by atoms with Crippen molar-refractivity contribution in [3.8, 4) is 0 Å². The van der Waals surface area contributed by atoms with Crippen LogP contribution in [0.2, 0.25) is 0 Å². The first-order valence-corrected chi connectivity index (χ1v) is 8.09. The molecule has 0 heterocycles. The van der Waals surface area contributed by atoms with E-state index in [1.165, 1.54) is 11.0 Å². The van der Waals surface area contributed by atoms with E-state index in [1.807, 2.05) is 0 Å². The highest BCUT2D eigenvalue weighted by atomic mass is 32.2. The SMILES string of the molecule is C=CCN(C(=O)OC(C)(C)C)/C(=N/C(=O)OC(C)(C)C)SC. The number of hydrogen-bond donors (Lipinski definition) is 0. The minimum Gasteiger partial charge on any atom is -0.443 e. The molecule has 22 heavy (non-hydrogen) atoms.